The van der Waals surface area contributed by atoms with Gasteiger partial charge in [-0.1, -0.05) is 18.2 Å². The highest BCUT2D eigenvalue weighted by Gasteiger charge is 2.01. The van der Waals surface area contributed by atoms with Crippen LogP contribution >= 0.6 is 0 Å². The van der Waals surface area contributed by atoms with Crippen LogP contribution in [0.25, 0.3) is 11.3 Å². The largest absolute Gasteiger partial charge is 0.323 e. The number of hydrogen-bond donors (Lipinski definition) is 2. The van der Waals surface area contributed by atoms with Crippen LogP contribution in [0.1, 0.15) is 6.92 Å². The molecule has 1 aromatic carbocycles. The van der Waals surface area contributed by atoms with Crippen molar-refractivity contribution < 1.29 is 4.79 Å². The lowest BCUT2D eigenvalue weighted by Crippen LogP contribution is -2.07. The molecule has 0 saturated carbocycles. The molecule has 0 fully saturated rings. The number of allylic oxidation sites excluding steroid dienone is 1. The van der Waals surface area contributed by atoms with Crippen molar-refractivity contribution in [1.82, 2.24) is 10.2 Å². The van der Waals surface area contributed by atoms with E-state index < -0.39 is 0 Å². The van der Waals surface area contributed by atoms with Gasteiger partial charge in [-0.2, -0.15) is 5.10 Å². The zero-order valence-electron chi connectivity index (χ0n) is 9.47. The Bertz CT molecular complexity index is 529. The Kier molecular flexibility index (Phi) is 3.35. The molecule has 2 rings (SSSR count). The number of carbonyl (C=O) groups excluding carboxylic acids is 1. The molecule has 0 aliphatic rings. The Balaban J connectivity index is 2.20. The number of carbonyl (C=O) groups is 1. The summed E-state index contributed by atoms with van der Waals surface area (Å²) in [6, 6.07) is 9.48. The minimum atomic E-state index is -0.130. The Morgan fingerprint density at radius 3 is 3.00 bits per heavy atom. The fourth-order valence-corrected chi connectivity index (χ4v) is 1.52. The van der Waals surface area contributed by atoms with Gasteiger partial charge in [0.1, 0.15) is 0 Å². The summed E-state index contributed by atoms with van der Waals surface area (Å²) in [4.78, 5) is 11.4. The summed E-state index contributed by atoms with van der Waals surface area (Å²) in [5.74, 6) is -0.130. The highest BCUT2D eigenvalue weighted by molar-refractivity contribution is 5.99. The van der Waals surface area contributed by atoms with E-state index in [1.54, 1.807) is 19.2 Å². The predicted molar refractivity (Wildman–Crippen MR) is 67.5 cm³/mol. The van der Waals surface area contributed by atoms with Crippen LogP contribution in [-0.2, 0) is 4.79 Å². The molecular formula is C13H13N3O. The maximum atomic E-state index is 11.4. The quantitative estimate of drug-likeness (QED) is 0.792. The Morgan fingerprint density at radius 1 is 1.41 bits per heavy atom. The maximum absolute atomic E-state index is 11.4. The summed E-state index contributed by atoms with van der Waals surface area (Å²) in [6.45, 7) is 1.81. The van der Waals surface area contributed by atoms with Crippen molar-refractivity contribution in [2.75, 3.05) is 5.32 Å². The zero-order valence-corrected chi connectivity index (χ0v) is 9.47. The number of benzene rings is 1. The SMILES string of the molecule is CC=CC(=O)Nc1cccc(-c2ccn[nH]2)c1. The summed E-state index contributed by atoms with van der Waals surface area (Å²) >= 11 is 0. The Labute approximate surface area is 99.4 Å². The summed E-state index contributed by atoms with van der Waals surface area (Å²) in [5.41, 5.74) is 2.67. The van der Waals surface area contributed by atoms with E-state index in [1.807, 2.05) is 30.3 Å². The topological polar surface area (TPSA) is 57.8 Å². The van der Waals surface area contributed by atoms with Gasteiger partial charge in [0.05, 0.1) is 5.69 Å². The van der Waals surface area contributed by atoms with E-state index in [1.165, 1.54) is 6.08 Å². The van der Waals surface area contributed by atoms with Gasteiger partial charge in [-0.05, 0) is 31.2 Å². The fourth-order valence-electron chi connectivity index (χ4n) is 1.52. The highest BCUT2D eigenvalue weighted by atomic mass is 16.1. The first-order valence-electron chi connectivity index (χ1n) is 5.33. The number of H-pyrrole nitrogens is 1. The number of nitrogens with zero attached hydrogens (tertiary/aromatic N) is 1. The van der Waals surface area contributed by atoms with Crippen LogP contribution in [0, 0.1) is 0 Å². The third kappa shape index (κ3) is 2.81. The normalized spacial score (nSPS) is 10.6. The number of anilines is 1. The summed E-state index contributed by atoms with van der Waals surface area (Å²) in [5, 5.41) is 9.56. The molecule has 86 valence electrons. The minimum absolute atomic E-state index is 0.130. The van der Waals surface area contributed by atoms with Crippen molar-refractivity contribution in [3.63, 3.8) is 0 Å². The lowest BCUT2D eigenvalue weighted by molar-refractivity contribution is -0.111. The zero-order chi connectivity index (χ0) is 12.1. The monoisotopic (exact) mass is 227 g/mol. The van der Waals surface area contributed by atoms with E-state index in [-0.39, 0.29) is 5.91 Å². The van der Waals surface area contributed by atoms with Crippen molar-refractivity contribution >= 4 is 11.6 Å². The van der Waals surface area contributed by atoms with Crippen LogP contribution in [0.3, 0.4) is 0 Å². The summed E-state index contributed by atoms with van der Waals surface area (Å²) in [7, 11) is 0. The van der Waals surface area contributed by atoms with E-state index in [0.29, 0.717) is 0 Å². The first-order valence-corrected chi connectivity index (χ1v) is 5.33. The van der Waals surface area contributed by atoms with Crippen molar-refractivity contribution in [2.45, 2.75) is 6.92 Å². The lowest BCUT2D eigenvalue weighted by Gasteiger charge is -2.04. The van der Waals surface area contributed by atoms with Crippen LogP contribution < -0.4 is 5.32 Å². The van der Waals surface area contributed by atoms with Gasteiger partial charge in [-0.15, -0.1) is 0 Å². The van der Waals surface area contributed by atoms with Gasteiger partial charge in [-0.3, -0.25) is 9.89 Å². The summed E-state index contributed by atoms with van der Waals surface area (Å²) in [6.07, 6.45) is 4.89. The summed E-state index contributed by atoms with van der Waals surface area (Å²) < 4.78 is 0. The van der Waals surface area contributed by atoms with E-state index in [9.17, 15) is 4.79 Å². The maximum Gasteiger partial charge on any atom is 0.248 e. The average molecular weight is 227 g/mol. The molecule has 4 heteroatoms. The molecule has 0 bridgehead atoms. The molecule has 1 heterocycles. The molecule has 0 saturated heterocycles. The highest BCUT2D eigenvalue weighted by Crippen LogP contribution is 2.20. The molecule has 0 atom stereocenters. The third-order valence-electron chi connectivity index (χ3n) is 2.26. The third-order valence-corrected chi connectivity index (χ3v) is 2.26. The number of rotatable bonds is 3. The van der Waals surface area contributed by atoms with Gasteiger partial charge >= 0.3 is 0 Å². The van der Waals surface area contributed by atoms with Crippen molar-refractivity contribution in [2.24, 2.45) is 0 Å². The number of hydrogen-bond acceptors (Lipinski definition) is 2. The van der Waals surface area contributed by atoms with Crippen LogP contribution in [0.2, 0.25) is 0 Å². The standard InChI is InChI=1S/C13H13N3O/c1-2-4-13(17)15-11-6-3-5-10(9-11)12-7-8-14-16-12/h2-9H,1H3,(H,14,16)(H,15,17). The molecule has 0 unspecified atom stereocenters. The average Bonchev–Trinajstić information content (AvgIpc) is 2.83. The van der Waals surface area contributed by atoms with Gasteiger partial charge in [0.25, 0.3) is 0 Å². The van der Waals surface area contributed by atoms with Gasteiger partial charge in [0.2, 0.25) is 5.91 Å². The van der Waals surface area contributed by atoms with E-state index >= 15 is 0 Å². The molecular weight excluding hydrogens is 214 g/mol. The molecule has 0 spiro atoms. The van der Waals surface area contributed by atoms with Crippen molar-refractivity contribution in [1.29, 1.82) is 0 Å². The van der Waals surface area contributed by atoms with Crippen LogP contribution in [-0.4, -0.2) is 16.1 Å². The second kappa shape index (κ2) is 5.12. The fraction of sp³-hybridized carbons (Fsp3) is 0.0769. The predicted octanol–water partition coefficient (Wildman–Crippen LogP) is 2.59. The van der Waals surface area contributed by atoms with E-state index in [0.717, 1.165) is 16.9 Å². The minimum Gasteiger partial charge on any atom is -0.323 e. The van der Waals surface area contributed by atoms with Crippen molar-refractivity contribution in [3.05, 3.63) is 48.7 Å². The van der Waals surface area contributed by atoms with Crippen LogP contribution in [0.15, 0.2) is 48.7 Å². The first-order chi connectivity index (χ1) is 8.29. The van der Waals surface area contributed by atoms with Crippen LogP contribution in [0.5, 0.6) is 0 Å². The van der Waals surface area contributed by atoms with E-state index in [4.69, 9.17) is 0 Å². The smallest absolute Gasteiger partial charge is 0.248 e. The van der Waals surface area contributed by atoms with Gasteiger partial charge in [0, 0.05) is 17.4 Å². The Hall–Kier alpha value is -2.36. The molecule has 0 radical (unpaired) electrons. The second-order valence-electron chi connectivity index (χ2n) is 3.54. The van der Waals surface area contributed by atoms with E-state index in [2.05, 4.69) is 15.5 Å². The number of aromatic amines is 1. The molecule has 1 amide bonds. The van der Waals surface area contributed by atoms with Gasteiger partial charge in [-0.25, -0.2) is 0 Å². The molecule has 2 aromatic rings. The first kappa shape index (κ1) is 11.1. The van der Waals surface area contributed by atoms with Gasteiger partial charge < -0.3 is 5.32 Å². The van der Waals surface area contributed by atoms with Crippen molar-refractivity contribution in [3.8, 4) is 11.3 Å². The molecule has 17 heavy (non-hydrogen) atoms. The van der Waals surface area contributed by atoms with Crippen LogP contribution in [0.4, 0.5) is 5.69 Å². The second-order valence-corrected chi connectivity index (χ2v) is 3.54. The molecule has 2 N–H and O–H groups in total. The number of amides is 1. The molecule has 4 nitrogen and oxygen atoms in total. The number of nitrogens with one attached hydrogen (secondary N) is 2. The Morgan fingerprint density at radius 2 is 2.29 bits per heavy atom. The molecule has 0 aliphatic heterocycles. The lowest BCUT2D eigenvalue weighted by atomic mass is 10.1. The van der Waals surface area contributed by atoms with Gasteiger partial charge in [0.15, 0.2) is 0 Å². The molecule has 0 aliphatic carbocycles. The molecule has 1 aromatic heterocycles. The number of aromatic nitrogens is 2.